The first-order valence-electron chi connectivity index (χ1n) is 4.76. The molecule has 0 fully saturated rings. The fourth-order valence-electron chi connectivity index (χ4n) is 1.38. The molecule has 0 bridgehead atoms. The van der Waals surface area contributed by atoms with Gasteiger partial charge in [0.2, 0.25) is 0 Å². The summed E-state index contributed by atoms with van der Waals surface area (Å²) in [5, 5.41) is 0.825. The number of halogens is 1. The number of ether oxygens (including phenoxy) is 1. The molecule has 0 aliphatic heterocycles. The van der Waals surface area contributed by atoms with Crippen LogP contribution in [0, 0.1) is 0 Å². The van der Waals surface area contributed by atoms with Crippen LogP contribution in [0.4, 0.5) is 0 Å². The largest absolute Gasteiger partial charge is 0.468 e. The molecule has 0 saturated heterocycles. The fourth-order valence-corrected chi connectivity index (χ4v) is 1.76. The van der Waals surface area contributed by atoms with Crippen molar-refractivity contribution in [3.8, 4) is 0 Å². The maximum Gasteiger partial charge on any atom is 0.315 e. The Morgan fingerprint density at radius 3 is 2.27 bits per heavy atom. The molecule has 0 aliphatic carbocycles. The molecule has 3 heteroatoms. The molecule has 0 amide bonds. The van der Waals surface area contributed by atoms with E-state index in [9.17, 15) is 4.79 Å². The predicted octanol–water partition coefficient (Wildman–Crippen LogP) is 3.03. The van der Waals surface area contributed by atoms with Gasteiger partial charge >= 0.3 is 5.97 Å². The number of esters is 1. The number of methoxy groups -OCH3 is 1. The average Bonchev–Trinajstić information content (AvgIpc) is 2.28. The molecule has 2 nitrogen and oxygen atoms in total. The van der Waals surface area contributed by atoms with Crippen LogP contribution in [0.15, 0.2) is 24.3 Å². The van der Waals surface area contributed by atoms with Gasteiger partial charge in [-0.05, 0) is 25.0 Å². The van der Waals surface area contributed by atoms with E-state index in [2.05, 4.69) is 15.9 Å². The van der Waals surface area contributed by atoms with E-state index in [0.717, 1.165) is 10.9 Å². The smallest absolute Gasteiger partial charge is 0.315 e. The minimum atomic E-state index is -0.584. The summed E-state index contributed by atoms with van der Waals surface area (Å²) >= 11 is 3.38. The van der Waals surface area contributed by atoms with Gasteiger partial charge in [-0.3, -0.25) is 4.79 Å². The Labute approximate surface area is 98.8 Å². The molecule has 0 unspecified atom stereocenters. The normalized spacial score (nSPS) is 11.2. The number of benzene rings is 1. The van der Waals surface area contributed by atoms with Gasteiger partial charge < -0.3 is 4.74 Å². The number of carbonyl (C=O) groups is 1. The minimum absolute atomic E-state index is 0.214. The molecule has 15 heavy (non-hydrogen) atoms. The van der Waals surface area contributed by atoms with E-state index in [1.54, 1.807) is 0 Å². The van der Waals surface area contributed by atoms with Gasteiger partial charge in [0.25, 0.3) is 0 Å². The van der Waals surface area contributed by atoms with Crippen molar-refractivity contribution in [1.29, 1.82) is 0 Å². The SMILES string of the molecule is COC(=O)C(C)(C)c1ccc(CBr)cc1. The van der Waals surface area contributed by atoms with Crippen molar-refractivity contribution in [1.82, 2.24) is 0 Å². The molecule has 0 spiro atoms. The number of hydrogen-bond donors (Lipinski definition) is 0. The van der Waals surface area contributed by atoms with Crippen molar-refractivity contribution in [2.75, 3.05) is 7.11 Å². The Hall–Kier alpha value is -0.830. The zero-order valence-corrected chi connectivity index (χ0v) is 10.8. The molecule has 0 saturated carbocycles. The van der Waals surface area contributed by atoms with Crippen LogP contribution in [0.5, 0.6) is 0 Å². The molecule has 0 N–H and O–H groups in total. The summed E-state index contributed by atoms with van der Waals surface area (Å²) in [5.41, 5.74) is 1.58. The molecular weight excluding hydrogens is 256 g/mol. The summed E-state index contributed by atoms with van der Waals surface area (Å²) in [6.45, 7) is 3.73. The number of carbonyl (C=O) groups excluding carboxylic acids is 1. The van der Waals surface area contributed by atoms with Gasteiger partial charge in [-0.15, -0.1) is 0 Å². The number of rotatable bonds is 3. The molecule has 0 heterocycles. The second kappa shape index (κ2) is 4.79. The summed E-state index contributed by atoms with van der Waals surface area (Å²) in [4.78, 5) is 11.6. The van der Waals surface area contributed by atoms with Crippen molar-refractivity contribution in [2.24, 2.45) is 0 Å². The Balaban J connectivity index is 3.00. The van der Waals surface area contributed by atoms with Gasteiger partial charge in [0.15, 0.2) is 0 Å². The quantitative estimate of drug-likeness (QED) is 0.624. The van der Waals surface area contributed by atoms with E-state index in [-0.39, 0.29) is 5.97 Å². The molecule has 0 radical (unpaired) electrons. The Kier molecular flexibility index (Phi) is 3.91. The van der Waals surface area contributed by atoms with Crippen LogP contribution in [0.2, 0.25) is 0 Å². The molecule has 1 aromatic rings. The molecule has 82 valence electrons. The first-order chi connectivity index (χ1) is 7.02. The van der Waals surface area contributed by atoms with Crippen LogP contribution in [-0.4, -0.2) is 13.1 Å². The summed E-state index contributed by atoms with van der Waals surface area (Å²) in [6.07, 6.45) is 0. The predicted molar refractivity (Wildman–Crippen MR) is 64.1 cm³/mol. The van der Waals surface area contributed by atoms with Crippen LogP contribution in [0.3, 0.4) is 0 Å². The highest BCUT2D eigenvalue weighted by atomic mass is 79.9. The highest BCUT2D eigenvalue weighted by molar-refractivity contribution is 9.08. The molecule has 1 aromatic carbocycles. The maximum absolute atomic E-state index is 11.6. The van der Waals surface area contributed by atoms with Crippen LogP contribution in [0.25, 0.3) is 0 Å². The third-order valence-corrected chi connectivity index (χ3v) is 3.17. The molecular formula is C12H15BrO2. The highest BCUT2D eigenvalue weighted by Gasteiger charge is 2.30. The lowest BCUT2D eigenvalue weighted by Gasteiger charge is -2.22. The summed E-state index contributed by atoms with van der Waals surface area (Å²) in [6, 6.07) is 7.95. The Morgan fingerprint density at radius 2 is 1.87 bits per heavy atom. The third-order valence-electron chi connectivity index (χ3n) is 2.53. The van der Waals surface area contributed by atoms with Crippen molar-refractivity contribution in [3.05, 3.63) is 35.4 Å². The fraction of sp³-hybridized carbons (Fsp3) is 0.417. The van der Waals surface area contributed by atoms with Gasteiger partial charge in [-0.1, -0.05) is 40.2 Å². The first kappa shape index (κ1) is 12.2. The zero-order valence-electron chi connectivity index (χ0n) is 9.21. The molecule has 0 atom stereocenters. The van der Waals surface area contributed by atoms with E-state index in [1.807, 2.05) is 38.1 Å². The van der Waals surface area contributed by atoms with Gasteiger partial charge in [-0.25, -0.2) is 0 Å². The Bertz CT molecular complexity index is 341. The van der Waals surface area contributed by atoms with E-state index < -0.39 is 5.41 Å². The van der Waals surface area contributed by atoms with Crippen molar-refractivity contribution in [3.63, 3.8) is 0 Å². The van der Waals surface area contributed by atoms with Crippen LogP contribution >= 0.6 is 15.9 Å². The molecule has 1 rings (SSSR count). The van der Waals surface area contributed by atoms with Crippen LogP contribution < -0.4 is 0 Å². The van der Waals surface area contributed by atoms with Crippen LogP contribution in [-0.2, 0) is 20.3 Å². The first-order valence-corrected chi connectivity index (χ1v) is 5.88. The van der Waals surface area contributed by atoms with E-state index in [0.29, 0.717) is 0 Å². The number of alkyl halides is 1. The standard InChI is InChI=1S/C12H15BrO2/c1-12(2,11(14)15-3)10-6-4-9(8-13)5-7-10/h4-7H,8H2,1-3H3. The Morgan fingerprint density at radius 1 is 1.33 bits per heavy atom. The third kappa shape index (κ3) is 2.59. The molecule has 0 aromatic heterocycles. The summed E-state index contributed by atoms with van der Waals surface area (Å²) < 4.78 is 4.78. The lowest BCUT2D eigenvalue weighted by Crippen LogP contribution is -2.30. The zero-order chi connectivity index (χ0) is 11.5. The lowest BCUT2D eigenvalue weighted by atomic mass is 9.84. The number of hydrogen-bond acceptors (Lipinski definition) is 2. The van der Waals surface area contributed by atoms with E-state index in [1.165, 1.54) is 12.7 Å². The average molecular weight is 271 g/mol. The summed E-state index contributed by atoms with van der Waals surface area (Å²) in [7, 11) is 1.41. The lowest BCUT2D eigenvalue weighted by molar-refractivity contribution is -0.146. The van der Waals surface area contributed by atoms with E-state index in [4.69, 9.17) is 4.74 Å². The van der Waals surface area contributed by atoms with Gasteiger partial charge in [0.1, 0.15) is 0 Å². The van der Waals surface area contributed by atoms with Gasteiger partial charge in [-0.2, -0.15) is 0 Å². The molecule has 0 aliphatic rings. The van der Waals surface area contributed by atoms with Gasteiger partial charge in [0.05, 0.1) is 12.5 Å². The van der Waals surface area contributed by atoms with E-state index >= 15 is 0 Å². The van der Waals surface area contributed by atoms with Crippen LogP contribution in [0.1, 0.15) is 25.0 Å². The van der Waals surface area contributed by atoms with Crippen molar-refractivity contribution < 1.29 is 9.53 Å². The minimum Gasteiger partial charge on any atom is -0.468 e. The van der Waals surface area contributed by atoms with Gasteiger partial charge in [0, 0.05) is 5.33 Å². The summed E-state index contributed by atoms with van der Waals surface area (Å²) in [5.74, 6) is -0.214. The highest BCUT2D eigenvalue weighted by Crippen LogP contribution is 2.25. The van der Waals surface area contributed by atoms with Crippen molar-refractivity contribution in [2.45, 2.75) is 24.6 Å². The monoisotopic (exact) mass is 270 g/mol. The second-order valence-electron chi connectivity index (χ2n) is 3.95. The van der Waals surface area contributed by atoms with Crippen molar-refractivity contribution >= 4 is 21.9 Å². The second-order valence-corrected chi connectivity index (χ2v) is 4.51. The topological polar surface area (TPSA) is 26.3 Å². The maximum atomic E-state index is 11.6.